The Kier molecular flexibility index (Phi) is 5.93. The van der Waals surface area contributed by atoms with Crippen molar-refractivity contribution in [1.82, 2.24) is 15.2 Å². The minimum atomic E-state index is -0.131. The lowest BCUT2D eigenvalue weighted by Crippen LogP contribution is -2.36. The Bertz CT molecular complexity index is 647. The van der Waals surface area contributed by atoms with E-state index in [-0.39, 0.29) is 6.03 Å². The topological polar surface area (TPSA) is 61.6 Å². The number of carbonyl (C=O) groups is 1. The number of anilines is 1. The molecule has 1 fully saturated rings. The van der Waals surface area contributed by atoms with E-state index in [4.69, 9.17) is 4.42 Å². The van der Waals surface area contributed by atoms with Crippen molar-refractivity contribution in [3.8, 4) is 0 Å². The van der Waals surface area contributed by atoms with E-state index in [1.165, 1.54) is 25.7 Å². The first-order chi connectivity index (χ1) is 12.2. The summed E-state index contributed by atoms with van der Waals surface area (Å²) in [5.74, 6) is 1.80. The third-order valence-corrected chi connectivity index (χ3v) is 4.50. The molecule has 0 bridgehead atoms. The van der Waals surface area contributed by atoms with E-state index in [1.807, 2.05) is 24.4 Å². The Morgan fingerprint density at radius 1 is 1.24 bits per heavy atom. The van der Waals surface area contributed by atoms with Crippen molar-refractivity contribution in [2.24, 2.45) is 0 Å². The molecule has 1 N–H and O–H groups in total. The molecule has 25 heavy (non-hydrogen) atoms. The number of urea groups is 1. The van der Waals surface area contributed by atoms with Gasteiger partial charge in [-0.05, 0) is 36.6 Å². The largest absolute Gasteiger partial charge is 0.467 e. The molecule has 1 saturated heterocycles. The van der Waals surface area contributed by atoms with Crippen LogP contribution in [-0.4, -0.2) is 36.1 Å². The van der Waals surface area contributed by atoms with Crippen molar-refractivity contribution in [3.63, 3.8) is 0 Å². The van der Waals surface area contributed by atoms with Crippen molar-refractivity contribution in [1.29, 1.82) is 0 Å². The molecule has 0 saturated carbocycles. The molecular weight excluding hydrogens is 316 g/mol. The highest BCUT2D eigenvalue weighted by molar-refractivity contribution is 5.73. The lowest BCUT2D eigenvalue weighted by atomic mass is 10.2. The summed E-state index contributed by atoms with van der Waals surface area (Å²) in [4.78, 5) is 20.7. The second kappa shape index (κ2) is 8.55. The maximum atomic E-state index is 12.1. The van der Waals surface area contributed by atoms with Crippen LogP contribution >= 0.6 is 0 Å². The van der Waals surface area contributed by atoms with Crippen molar-refractivity contribution in [2.75, 3.05) is 25.0 Å². The molecule has 0 aliphatic carbocycles. The first kappa shape index (κ1) is 17.3. The number of amides is 2. The SMILES string of the molecule is CN(Cc1ccco1)C(=O)NCc1ccc(N2CCCCCC2)nc1. The highest BCUT2D eigenvalue weighted by Crippen LogP contribution is 2.17. The van der Waals surface area contributed by atoms with Crippen molar-refractivity contribution >= 4 is 11.8 Å². The maximum Gasteiger partial charge on any atom is 0.317 e. The van der Waals surface area contributed by atoms with Gasteiger partial charge in [-0.15, -0.1) is 0 Å². The van der Waals surface area contributed by atoms with E-state index in [9.17, 15) is 4.79 Å². The molecule has 0 spiro atoms. The fourth-order valence-corrected chi connectivity index (χ4v) is 3.03. The summed E-state index contributed by atoms with van der Waals surface area (Å²) in [5, 5.41) is 2.91. The Balaban J connectivity index is 1.48. The average Bonchev–Trinajstić information content (AvgIpc) is 2.99. The summed E-state index contributed by atoms with van der Waals surface area (Å²) in [5.41, 5.74) is 0.998. The smallest absolute Gasteiger partial charge is 0.317 e. The summed E-state index contributed by atoms with van der Waals surface area (Å²) < 4.78 is 5.26. The number of aromatic nitrogens is 1. The molecule has 0 unspecified atom stereocenters. The van der Waals surface area contributed by atoms with Gasteiger partial charge in [-0.1, -0.05) is 18.9 Å². The number of pyridine rings is 1. The summed E-state index contributed by atoms with van der Waals surface area (Å²) in [6.45, 7) is 3.08. The summed E-state index contributed by atoms with van der Waals surface area (Å²) in [6.07, 6.45) is 8.56. The van der Waals surface area contributed by atoms with Crippen LogP contribution in [0.1, 0.15) is 37.0 Å². The molecule has 0 atom stereocenters. The van der Waals surface area contributed by atoms with Gasteiger partial charge in [0.1, 0.15) is 11.6 Å². The second-order valence-electron chi connectivity index (χ2n) is 6.52. The van der Waals surface area contributed by atoms with Crippen LogP contribution in [0.4, 0.5) is 10.6 Å². The minimum absolute atomic E-state index is 0.131. The molecule has 2 aromatic rings. The van der Waals surface area contributed by atoms with Gasteiger partial charge in [-0.3, -0.25) is 0 Å². The third-order valence-electron chi connectivity index (χ3n) is 4.50. The van der Waals surface area contributed by atoms with Crippen molar-refractivity contribution in [2.45, 2.75) is 38.8 Å². The van der Waals surface area contributed by atoms with Gasteiger partial charge in [0.25, 0.3) is 0 Å². The summed E-state index contributed by atoms with van der Waals surface area (Å²) >= 11 is 0. The zero-order valence-electron chi connectivity index (χ0n) is 14.8. The van der Waals surface area contributed by atoms with Gasteiger partial charge < -0.3 is 19.5 Å². The Morgan fingerprint density at radius 3 is 2.68 bits per heavy atom. The Labute approximate surface area is 148 Å². The molecule has 0 aromatic carbocycles. The molecule has 1 aliphatic rings. The lowest BCUT2D eigenvalue weighted by Gasteiger charge is -2.21. The van der Waals surface area contributed by atoms with E-state index in [1.54, 1.807) is 18.2 Å². The highest BCUT2D eigenvalue weighted by atomic mass is 16.3. The molecule has 6 heteroatoms. The van der Waals surface area contributed by atoms with Gasteiger partial charge in [0.05, 0.1) is 12.8 Å². The number of furan rings is 1. The minimum Gasteiger partial charge on any atom is -0.467 e. The zero-order valence-corrected chi connectivity index (χ0v) is 14.8. The fraction of sp³-hybridized carbons (Fsp3) is 0.474. The van der Waals surface area contributed by atoms with Crippen LogP contribution < -0.4 is 10.2 Å². The van der Waals surface area contributed by atoms with Crippen LogP contribution in [-0.2, 0) is 13.1 Å². The van der Waals surface area contributed by atoms with E-state index in [2.05, 4.69) is 21.3 Å². The first-order valence-corrected chi connectivity index (χ1v) is 8.93. The monoisotopic (exact) mass is 342 g/mol. The fourth-order valence-electron chi connectivity index (χ4n) is 3.03. The van der Waals surface area contributed by atoms with Crippen LogP contribution in [0, 0.1) is 0 Å². The molecule has 2 aromatic heterocycles. The molecule has 6 nitrogen and oxygen atoms in total. The van der Waals surface area contributed by atoms with Gasteiger partial charge in [0.15, 0.2) is 0 Å². The molecule has 0 radical (unpaired) electrons. The van der Waals surface area contributed by atoms with Gasteiger partial charge in [-0.2, -0.15) is 0 Å². The molecule has 3 rings (SSSR count). The van der Waals surface area contributed by atoms with Crippen molar-refractivity contribution < 1.29 is 9.21 Å². The van der Waals surface area contributed by atoms with Crippen LogP contribution in [0.5, 0.6) is 0 Å². The number of carbonyl (C=O) groups excluding carboxylic acids is 1. The van der Waals surface area contributed by atoms with Crippen LogP contribution in [0.2, 0.25) is 0 Å². The Morgan fingerprint density at radius 2 is 2.04 bits per heavy atom. The van der Waals surface area contributed by atoms with Crippen LogP contribution in [0.15, 0.2) is 41.1 Å². The zero-order chi connectivity index (χ0) is 17.5. The van der Waals surface area contributed by atoms with Crippen LogP contribution in [0.3, 0.4) is 0 Å². The highest BCUT2D eigenvalue weighted by Gasteiger charge is 2.12. The lowest BCUT2D eigenvalue weighted by molar-refractivity contribution is 0.202. The first-order valence-electron chi connectivity index (χ1n) is 8.93. The number of nitrogens with zero attached hydrogens (tertiary/aromatic N) is 3. The van der Waals surface area contributed by atoms with Gasteiger partial charge >= 0.3 is 6.03 Å². The second-order valence-corrected chi connectivity index (χ2v) is 6.52. The molecule has 1 aliphatic heterocycles. The number of rotatable bonds is 5. The summed E-state index contributed by atoms with van der Waals surface area (Å²) in [6, 6.07) is 7.64. The summed E-state index contributed by atoms with van der Waals surface area (Å²) in [7, 11) is 1.75. The predicted molar refractivity (Wildman–Crippen MR) is 97.3 cm³/mol. The molecule has 3 heterocycles. The van der Waals surface area contributed by atoms with Crippen molar-refractivity contribution in [3.05, 3.63) is 48.0 Å². The number of hydrogen-bond acceptors (Lipinski definition) is 4. The number of nitrogens with one attached hydrogen (secondary N) is 1. The Hall–Kier alpha value is -2.50. The quantitative estimate of drug-likeness (QED) is 0.905. The third kappa shape index (κ3) is 4.98. The standard InChI is InChI=1S/C19H26N4O2/c1-22(15-17-7-6-12-25-17)19(24)21-14-16-8-9-18(20-13-16)23-10-4-2-3-5-11-23/h6-9,12-13H,2-5,10-11,14-15H2,1H3,(H,21,24). The molecule has 2 amide bonds. The molecule has 134 valence electrons. The van der Waals surface area contributed by atoms with Gasteiger partial charge in [0.2, 0.25) is 0 Å². The van der Waals surface area contributed by atoms with Crippen LogP contribution in [0.25, 0.3) is 0 Å². The number of hydrogen-bond donors (Lipinski definition) is 1. The maximum absolute atomic E-state index is 12.1. The van der Waals surface area contributed by atoms with Gasteiger partial charge in [0, 0.05) is 32.9 Å². The predicted octanol–water partition coefficient (Wildman–Crippen LogP) is 3.40. The van der Waals surface area contributed by atoms with E-state index in [0.29, 0.717) is 13.1 Å². The average molecular weight is 342 g/mol. The van der Waals surface area contributed by atoms with E-state index >= 15 is 0 Å². The van der Waals surface area contributed by atoms with Gasteiger partial charge in [-0.25, -0.2) is 9.78 Å². The molecular formula is C19H26N4O2. The normalized spacial score (nSPS) is 14.8. The van der Waals surface area contributed by atoms with E-state index < -0.39 is 0 Å². The van der Waals surface area contributed by atoms with E-state index in [0.717, 1.165) is 30.2 Å².